The molecule has 5 rings (SSSR count). The van der Waals surface area contributed by atoms with Gasteiger partial charge in [-0.15, -0.1) is 0 Å². The highest BCUT2D eigenvalue weighted by atomic mass is 79.9. The third kappa shape index (κ3) is 4.47. The minimum atomic E-state index is -0.435. The van der Waals surface area contributed by atoms with E-state index < -0.39 is 17.5 Å². The lowest BCUT2D eigenvalue weighted by atomic mass is 9.98. The molecule has 0 bridgehead atoms. The molecular formula is C25H18BrFN4O3. The van der Waals surface area contributed by atoms with Gasteiger partial charge in [0.1, 0.15) is 18.1 Å². The first-order valence-corrected chi connectivity index (χ1v) is 11.3. The monoisotopic (exact) mass is 520 g/mol. The third-order valence-electron chi connectivity index (χ3n) is 5.52. The number of hydrogen-bond donors (Lipinski definition) is 0. The highest BCUT2D eigenvalue weighted by Gasteiger charge is 2.33. The first kappa shape index (κ1) is 22.0. The van der Waals surface area contributed by atoms with Gasteiger partial charge in [-0.3, -0.25) is 9.59 Å². The molecular weight excluding hydrogens is 503 g/mol. The summed E-state index contributed by atoms with van der Waals surface area (Å²) in [5.74, 6) is -0.283. The number of hydrogen-bond acceptors (Lipinski definition) is 5. The smallest absolute Gasteiger partial charge is 0.267 e. The van der Waals surface area contributed by atoms with Crippen molar-refractivity contribution >= 4 is 27.5 Å². The second-order valence-corrected chi connectivity index (χ2v) is 8.67. The van der Waals surface area contributed by atoms with Crippen molar-refractivity contribution in [2.75, 3.05) is 0 Å². The zero-order valence-corrected chi connectivity index (χ0v) is 19.4. The van der Waals surface area contributed by atoms with Crippen molar-refractivity contribution in [3.05, 3.63) is 111 Å². The Balaban J connectivity index is 1.47. The minimum absolute atomic E-state index is 0.303. The quantitative estimate of drug-likeness (QED) is 0.379. The topological polar surface area (TPSA) is 80.7 Å². The van der Waals surface area contributed by atoms with E-state index in [9.17, 15) is 14.0 Å². The van der Waals surface area contributed by atoms with Crippen molar-refractivity contribution in [3.8, 4) is 11.5 Å². The number of amides is 1. The summed E-state index contributed by atoms with van der Waals surface area (Å²) >= 11 is 3.42. The van der Waals surface area contributed by atoms with Crippen LogP contribution in [-0.4, -0.2) is 26.4 Å². The van der Waals surface area contributed by atoms with Gasteiger partial charge in [0.05, 0.1) is 18.0 Å². The third-order valence-corrected chi connectivity index (χ3v) is 6.05. The van der Waals surface area contributed by atoms with Crippen molar-refractivity contribution in [2.24, 2.45) is 5.10 Å². The predicted octanol–water partition coefficient (Wildman–Crippen LogP) is 4.78. The molecule has 0 N–H and O–H groups in total. The number of halogens is 2. The van der Waals surface area contributed by atoms with Crippen LogP contribution in [0.25, 0.3) is 11.5 Å². The second kappa shape index (κ2) is 9.18. The molecule has 0 fully saturated rings. The highest BCUT2D eigenvalue weighted by Crippen LogP contribution is 2.33. The van der Waals surface area contributed by atoms with E-state index in [0.717, 1.165) is 26.0 Å². The maximum atomic E-state index is 13.5. The van der Waals surface area contributed by atoms with Crippen LogP contribution >= 0.6 is 15.9 Å². The number of rotatable bonds is 5. The molecule has 170 valence electrons. The number of benzene rings is 2. The van der Waals surface area contributed by atoms with Gasteiger partial charge in [0.2, 0.25) is 0 Å². The SMILES string of the molecule is O=C(Cn1nc(-c2ccco2)ccc1=O)N1N=C(c2ccc(Br)cc2)CC1c1ccc(F)cc1. The molecule has 1 atom stereocenters. The van der Waals surface area contributed by atoms with Crippen LogP contribution in [0.3, 0.4) is 0 Å². The molecule has 3 heterocycles. The van der Waals surface area contributed by atoms with Gasteiger partial charge in [-0.05, 0) is 53.6 Å². The highest BCUT2D eigenvalue weighted by molar-refractivity contribution is 9.10. The van der Waals surface area contributed by atoms with Crippen molar-refractivity contribution in [1.29, 1.82) is 0 Å². The number of nitrogens with zero attached hydrogens (tertiary/aromatic N) is 4. The van der Waals surface area contributed by atoms with Crippen LogP contribution in [0.4, 0.5) is 4.39 Å². The Morgan fingerprint density at radius 2 is 1.82 bits per heavy atom. The number of carbonyl (C=O) groups excluding carboxylic acids is 1. The van der Waals surface area contributed by atoms with Crippen LogP contribution in [0.5, 0.6) is 0 Å². The average Bonchev–Trinajstić information content (AvgIpc) is 3.52. The maximum absolute atomic E-state index is 13.5. The Bertz CT molecular complexity index is 1410. The van der Waals surface area contributed by atoms with Crippen molar-refractivity contribution in [3.63, 3.8) is 0 Å². The number of aromatic nitrogens is 2. The lowest BCUT2D eigenvalue weighted by molar-refractivity contribution is -0.133. The van der Waals surface area contributed by atoms with E-state index in [4.69, 9.17) is 4.42 Å². The van der Waals surface area contributed by atoms with E-state index >= 15 is 0 Å². The van der Waals surface area contributed by atoms with Crippen molar-refractivity contribution in [1.82, 2.24) is 14.8 Å². The van der Waals surface area contributed by atoms with Gasteiger partial charge in [-0.2, -0.15) is 10.2 Å². The van der Waals surface area contributed by atoms with Crippen molar-refractivity contribution in [2.45, 2.75) is 19.0 Å². The van der Waals surface area contributed by atoms with Gasteiger partial charge >= 0.3 is 0 Å². The molecule has 9 heteroatoms. The molecule has 1 unspecified atom stereocenters. The molecule has 0 saturated heterocycles. The summed E-state index contributed by atoms with van der Waals surface area (Å²) in [5.41, 5.74) is 2.36. The lowest BCUT2D eigenvalue weighted by Gasteiger charge is -2.22. The number of furan rings is 1. The lowest BCUT2D eigenvalue weighted by Crippen LogP contribution is -2.34. The summed E-state index contributed by atoms with van der Waals surface area (Å²) in [6.45, 7) is -0.303. The van der Waals surface area contributed by atoms with Gasteiger partial charge in [-0.1, -0.05) is 40.2 Å². The van der Waals surface area contributed by atoms with Gasteiger partial charge in [0.15, 0.2) is 5.76 Å². The standard InChI is InChI=1S/C25H18BrFN4O3/c26-18-7-3-16(4-8-18)21-14-22(17-5-9-19(27)10-6-17)31(29-21)25(33)15-30-24(32)12-11-20(28-30)23-2-1-13-34-23/h1-13,22H,14-15H2. The summed E-state index contributed by atoms with van der Waals surface area (Å²) in [5, 5.41) is 10.2. The fraction of sp³-hybridized carbons (Fsp3) is 0.120. The number of carbonyl (C=O) groups is 1. The van der Waals surface area contributed by atoms with Crippen LogP contribution in [0.15, 0.2) is 97.8 Å². The Morgan fingerprint density at radius 1 is 1.06 bits per heavy atom. The molecule has 2 aromatic carbocycles. The first-order chi connectivity index (χ1) is 16.5. The summed E-state index contributed by atoms with van der Waals surface area (Å²) in [4.78, 5) is 25.8. The maximum Gasteiger partial charge on any atom is 0.267 e. The molecule has 0 saturated carbocycles. The fourth-order valence-corrected chi connectivity index (χ4v) is 4.08. The normalized spacial score (nSPS) is 15.4. The average molecular weight is 521 g/mol. The molecule has 34 heavy (non-hydrogen) atoms. The van der Waals surface area contributed by atoms with Crippen LogP contribution in [-0.2, 0) is 11.3 Å². The second-order valence-electron chi connectivity index (χ2n) is 7.76. The molecule has 0 aliphatic carbocycles. The molecule has 1 aliphatic heterocycles. The van der Waals surface area contributed by atoms with E-state index in [0.29, 0.717) is 17.9 Å². The van der Waals surface area contributed by atoms with Gasteiger partial charge in [0.25, 0.3) is 11.5 Å². The molecule has 1 aliphatic rings. The van der Waals surface area contributed by atoms with Gasteiger partial charge < -0.3 is 4.42 Å². The Labute approximate surface area is 202 Å². The van der Waals surface area contributed by atoms with E-state index in [1.165, 1.54) is 29.5 Å². The first-order valence-electron chi connectivity index (χ1n) is 10.5. The number of hydrazone groups is 1. The molecule has 0 spiro atoms. The van der Waals surface area contributed by atoms with E-state index in [-0.39, 0.29) is 12.4 Å². The molecule has 1 amide bonds. The molecule has 7 nitrogen and oxygen atoms in total. The van der Waals surface area contributed by atoms with Crippen molar-refractivity contribution < 1.29 is 13.6 Å². The summed E-state index contributed by atoms with van der Waals surface area (Å²) < 4.78 is 20.9. The summed E-state index contributed by atoms with van der Waals surface area (Å²) in [6, 6.07) is 19.5. The Morgan fingerprint density at radius 3 is 2.53 bits per heavy atom. The van der Waals surface area contributed by atoms with E-state index in [2.05, 4.69) is 26.1 Å². The summed E-state index contributed by atoms with van der Waals surface area (Å²) in [6.07, 6.45) is 1.96. The Hall–Kier alpha value is -3.85. The van der Waals surface area contributed by atoms with Crippen LogP contribution in [0, 0.1) is 5.82 Å². The van der Waals surface area contributed by atoms with Crippen LogP contribution < -0.4 is 5.56 Å². The minimum Gasteiger partial charge on any atom is -0.463 e. The fourth-order valence-electron chi connectivity index (χ4n) is 3.82. The van der Waals surface area contributed by atoms with E-state index in [1.807, 2.05) is 24.3 Å². The molecule has 0 radical (unpaired) electrons. The largest absolute Gasteiger partial charge is 0.463 e. The molecule has 4 aromatic rings. The zero-order chi connectivity index (χ0) is 23.7. The summed E-state index contributed by atoms with van der Waals surface area (Å²) in [7, 11) is 0. The van der Waals surface area contributed by atoms with Gasteiger partial charge in [0, 0.05) is 17.0 Å². The Kier molecular flexibility index (Phi) is 5.93. The van der Waals surface area contributed by atoms with Crippen LogP contribution in [0.2, 0.25) is 0 Å². The van der Waals surface area contributed by atoms with Gasteiger partial charge in [-0.25, -0.2) is 14.1 Å². The zero-order valence-electron chi connectivity index (χ0n) is 17.8. The molecule has 2 aromatic heterocycles. The van der Waals surface area contributed by atoms with E-state index in [1.54, 1.807) is 30.3 Å². The van der Waals surface area contributed by atoms with Crippen LogP contribution in [0.1, 0.15) is 23.6 Å². The predicted molar refractivity (Wildman–Crippen MR) is 127 cm³/mol.